The van der Waals surface area contributed by atoms with E-state index < -0.39 is 5.97 Å². The summed E-state index contributed by atoms with van der Waals surface area (Å²) in [7, 11) is 1.72. The summed E-state index contributed by atoms with van der Waals surface area (Å²) in [6, 6.07) is 4.96. The van der Waals surface area contributed by atoms with Crippen LogP contribution in [0.15, 0.2) is 35.3 Å². The lowest BCUT2D eigenvalue weighted by molar-refractivity contribution is -0.139. The van der Waals surface area contributed by atoms with Crippen molar-refractivity contribution in [3.8, 4) is 0 Å². The van der Waals surface area contributed by atoms with Gasteiger partial charge in [-0.3, -0.25) is 13.9 Å². The van der Waals surface area contributed by atoms with Crippen molar-refractivity contribution in [3.63, 3.8) is 0 Å². The van der Waals surface area contributed by atoms with E-state index in [0.29, 0.717) is 27.8 Å². The SMILES string of the molecule is Cc1ccc2nc(COC(=O)/C=C/c3c(C)nn(C)c3Cl)cc(=O)n2c1. The van der Waals surface area contributed by atoms with Crippen LogP contribution in [0.3, 0.4) is 0 Å². The van der Waals surface area contributed by atoms with Gasteiger partial charge in [-0.25, -0.2) is 9.78 Å². The Kier molecular flexibility index (Phi) is 4.90. The topological polar surface area (TPSA) is 78.5 Å². The number of hydrogen-bond acceptors (Lipinski definition) is 5. The van der Waals surface area contributed by atoms with E-state index >= 15 is 0 Å². The molecule has 8 heteroatoms. The van der Waals surface area contributed by atoms with Gasteiger partial charge in [0, 0.05) is 31.0 Å². The van der Waals surface area contributed by atoms with Crippen LogP contribution in [0.1, 0.15) is 22.5 Å². The molecule has 0 atom stereocenters. The van der Waals surface area contributed by atoms with E-state index in [0.717, 1.165) is 5.56 Å². The summed E-state index contributed by atoms with van der Waals surface area (Å²) in [6.07, 6.45) is 4.54. The Balaban J connectivity index is 1.71. The number of pyridine rings is 1. The molecule has 3 rings (SSSR count). The van der Waals surface area contributed by atoms with Crippen molar-refractivity contribution in [2.24, 2.45) is 7.05 Å². The average Bonchev–Trinajstić information content (AvgIpc) is 2.84. The number of carbonyl (C=O) groups excluding carboxylic acids is 1. The molecule has 0 saturated heterocycles. The summed E-state index contributed by atoms with van der Waals surface area (Å²) in [5, 5.41) is 4.60. The second-order valence-corrected chi connectivity index (χ2v) is 6.23. The summed E-state index contributed by atoms with van der Waals surface area (Å²) >= 11 is 6.10. The molecule has 0 fully saturated rings. The van der Waals surface area contributed by atoms with Crippen molar-refractivity contribution in [2.45, 2.75) is 20.5 Å². The maximum atomic E-state index is 12.1. The maximum absolute atomic E-state index is 12.1. The van der Waals surface area contributed by atoms with Crippen molar-refractivity contribution >= 4 is 29.3 Å². The van der Waals surface area contributed by atoms with E-state index in [-0.39, 0.29) is 12.2 Å². The molecule has 0 aromatic carbocycles. The third-order valence-corrected chi connectivity index (χ3v) is 4.25. The van der Waals surface area contributed by atoms with Gasteiger partial charge in [-0.1, -0.05) is 17.7 Å². The van der Waals surface area contributed by atoms with Gasteiger partial charge in [0.25, 0.3) is 5.56 Å². The standard InChI is InChI=1S/C18H17ClN4O3/c1-11-4-6-15-20-13(8-16(24)23(15)9-11)10-26-17(25)7-5-14-12(2)21-22(3)18(14)19/h4-9H,10H2,1-3H3/b7-5+. The maximum Gasteiger partial charge on any atom is 0.331 e. The van der Waals surface area contributed by atoms with Crippen LogP contribution < -0.4 is 5.56 Å². The first-order valence-electron chi connectivity index (χ1n) is 7.88. The van der Waals surface area contributed by atoms with Crippen LogP contribution in [0.2, 0.25) is 5.15 Å². The van der Waals surface area contributed by atoms with Crippen LogP contribution in [0.5, 0.6) is 0 Å². The van der Waals surface area contributed by atoms with Crippen LogP contribution in [0.4, 0.5) is 0 Å². The first-order chi connectivity index (χ1) is 12.3. The van der Waals surface area contributed by atoms with Gasteiger partial charge in [0.1, 0.15) is 17.4 Å². The third-order valence-electron chi connectivity index (χ3n) is 3.81. The Bertz CT molecular complexity index is 1080. The summed E-state index contributed by atoms with van der Waals surface area (Å²) in [4.78, 5) is 28.4. The number of hydrogen-bond donors (Lipinski definition) is 0. The molecule has 0 amide bonds. The number of nitrogens with zero attached hydrogens (tertiary/aromatic N) is 4. The highest BCUT2D eigenvalue weighted by Gasteiger charge is 2.09. The number of aryl methyl sites for hydroxylation is 3. The Morgan fingerprint density at radius 2 is 2.12 bits per heavy atom. The average molecular weight is 373 g/mol. The lowest BCUT2D eigenvalue weighted by Gasteiger charge is -2.05. The minimum Gasteiger partial charge on any atom is -0.456 e. The number of esters is 1. The van der Waals surface area contributed by atoms with Crippen molar-refractivity contribution in [1.82, 2.24) is 19.2 Å². The van der Waals surface area contributed by atoms with Gasteiger partial charge >= 0.3 is 5.97 Å². The summed E-state index contributed by atoms with van der Waals surface area (Å²) in [5.41, 5.74) is 2.98. The summed E-state index contributed by atoms with van der Waals surface area (Å²) in [6.45, 7) is 3.59. The number of aromatic nitrogens is 4. The molecule has 26 heavy (non-hydrogen) atoms. The molecule has 134 valence electrons. The van der Waals surface area contributed by atoms with Gasteiger partial charge in [0.05, 0.1) is 11.4 Å². The van der Waals surface area contributed by atoms with Crippen molar-refractivity contribution in [3.05, 3.63) is 68.5 Å². The number of carbonyl (C=O) groups is 1. The second kappa shape index (κ2) is 7.13. The van der Waals surface area contributed by atoms with E-state index in [1.54, 1.807) is 32.3 Å². The molecular formula is C18H17ClN4O3. The Morgan fingerprint density at radius 1 is 1.35 bits per heavy atom. The fourth-order valence-corrected chi connectivity index (χ4v) is 2.75. The van der Waals surface area contributed by atoms with Crippen molar-refractivity contribution in [2.75, 3.05) is 0 Å². The minimum absolute atomic E-state index is 0.0947. The quantitative estimate of drug-likeness (QED) is 0.519. The molecule has 0 aliphatic rings. The van der Waals surface area contributed by atoms with Gasteiger partial charge in [0.2, 0.25) is 0 Å². The zero-order chi connectivity index (χ0) is 18.8. The van der Waals surface area contributed by atoms with Crippen LogP contribution in [0, 0.1) is 13.8 Å². The first-order valence-corrected chi connectivity index (χ1v) is 8.26. The number of halogens is 1. The normalized spacial score (nSPS) is 11.4. The summed E-state index contributed by atoms with van der Waals surface area (Å²) < 4.78 is 8.13. The number of rotatable bonds is 4. The highest BCUT2D eigenvalue weighted by atomic mass is 35.5. The molecule has 0 N–H and O–H groups in total. The van der Waals surface area contributed by atoms with Crippen molar-refractivity contribution in [1.29, 1.82) is 0 Å². The zero-order valence-electron chi connectivity index (χ0n) is 14.6. The van der Waals surface area contributed by atoms with E-state index in [1.165, 1.54) is 21.2 Å². The second-order valence-electron chi connectivity index (χ2n) is 5.87. The highest BCUT2D eigenvalue weighted by molar-refractivity contribution is 6.31. The molecular weight excluding hydrogens is 356 g/mol. The van der Waals surface area contributed by atoms with Crippen LogP contribution >= 0.6 is 11.6 Å². The largest absolute Gasteiger partial charge is 0.456 e. The molecule has 3 heterocycles. The monoisotopic (exact) mass is 372 g/mol. The molecule has 3 aromatic rings. The predicted molar refractivity (Wildman–Crippen MR) is 98.0 cm³/mol. The highest BCUT2D eigenvalue weighted by Crippen LogP contribution is 2.20. The lowest BCUT2D eigenvalue weighted by Crippen LogP contribution is -2.16. The fraction of sp³-hybridized carbons (Fsp3) is 0.222. The summed E-state index contributed by atoms with van der Waals surface area (Å²) in [5.74, 6) is -0.560. The van der Waals surface area contributed by atoms with Gasteiger partial charge in [-0.2, -0.15) is 5.10 Å². The molecule has 0 bridgehead atoms. The fourth-order valence-electron chi connectivity index (χ4n) is 2.51. The molecule has 0 saturated carbocycles. The van der Waals surface area contributed by atoms with E-state index in [2.05, 4.69) is 10.1 Å². The Morgan fingerprint density at radius 3 is 2.81 bits per heavy atom. The predicted octanol–water partition coefficient (Wildman–Crippen LogP) is 2.45. The zero-order valence-corrected chi connectivity index (χ0v) is 15.3. The third kappa shape index (κ3) is 3.67. The van der Waals surface area contributed by atoms with Gasteiger partial charge in [-0.05, 0) is 31.6 Å². The van der Waals surface area contributed by atoms with E-state index in [4.69, 9.17) is 16.3 Å². The van der Waals surface area contributed by atoms with Crippen molar-refractivity contribution < 1.29 is 9.53 Å². The van der Waals surface area contributed by atoms with Crippen LogP contribution in [-0.2, 0) is 23.2 Å². The van der Waals surface area contributed by atoms with Gasteiger partial charge in [-0.15, -0.1) is 0 Å². The lowest BCUT2D eigenvalue weighted by atomic mass is 10.2. The molecule has 0 aliphatic heterocycles. The molecule has 7 nitrogen and oxygen atoms in total. The smallest absolute Gasteiger partial charge is 0.331 e. The first kappa shape index (κ1) is 17.9. The Labute approximate surface area is 154 Å². The van der Waals surface area contributed by atoms with Crippen LogP contribution in [-0.4, -0.2) is 25.1 Å². The Hall–Kier alpha value is -2.93. The molecule has 0 aliphatic carbocycles. The van der Waals surface area contributed by atoms with Gasteiger partial charge in [0.15, 0.2) is 0 Å². The van der Waals surface area contributed by atoms with Gasteiger partial charge < -0.3 is 4.74 Å². The number of fused-ring (bicyclic) bond motifs is 1. The van der Waals surface area contributed by atoms with E-state index in [9.17, 15) is 9.59 Å². The molecule has 0 radical (unpaired) electrons. The minimum atomic E-state index is -0.560. The molecule has 3 aromatic heterocycles. The molecule has 0 spiro atoms. The van der Waals surface area contributed by atoms with Crippen LogP contribution in [0.25, 0.3) is 11.7 Å². The number of ether oxygens (including phenoxy) is 1. The van der Waals surface area contributed by atoms with E-state index in [1.807, 2.05) is 13.0 Å². The molecule has 0 unspecified atom stereocenters.